The Morgan fingerprint density at radius 1 is 1.18 bits per heavy atom. The van der Waals surface area contributed by atoms with Crippen LogP contribution in [0.1, 0.15) is 56.3 Å². The van der Waals surface area contributed by atoms with Gasteiger partial charge in [-0.15, -0.1) is 0 Å². The van der Waals surface area contributed by atoms with E-state index in [4.69, 9.17) is 4.74 Å². The van der Waals surface area contributed by atoms with Crippen LogP contribution >= 0.6 is 0 Å². The van der Waals surface area contributed by atoms with E-state index in [0.29, 0.717) is 5.69 Å². The van der Waals surface area contributed by atoms with Crippen LogP contribution in [0.25, 0.3) is 0 Å². The molecular formula is C29H38FN3O6S. The third-order valence-corrected chi connectivity index (χ3v) is 9.72. The maximum atomic E-state index is 13.7. The number of benzene rings is 2. The number of hydrogen-bond donors (Lipinski definition) is 2. The predicted molar refractivity (Wildman–Crippen MR) is 149 cm³/mol. The monoisotopic (exact) mass is 575 g/mol. The Balaban J connectivity index is 1.69. The van der Waals surface area contributed by atoms with Crippen molar-refractivity contribution >= 4 is 27.5 Å². The van der Waals surface area contributed by atoms with Gasteiger partial charge in [-0.25, -0.2) is 12.8 Å². The molecule has 40 heavy (non-hydrogen) atoms. The molecule has 4 rings (SSSR count). The number of aliphatic hydroxyl groups excluding tert-OH is 1. The number of carbonyl (C=O) groups is 2. The summed E-state index contributed by atoms with van der Waals surface area (Å²) in [6, 6.07) is 9.06. The zero-order valence-electron chi connectivity index (χ0n) is 23.2. The van der Waals surface area contributed by atoms with Crippen molar-refractivity contribution in [2.24, 2.45) is 11.8 Å². The van der Waals surface area contributed by atoms with Crippen LogP contribution in [0.4, 0.5) is 10.1 Å². The van der Waals surface area contributed by atoms with Crippen molar-refractivity contribution in [3.8, 4) is 5.75 Å². The van der Waals surface area contributed by atoms with Crippen LogP contribution in [0.15, 0.2) is 47.4 Å². The number of nitrogens with zero attached hydrogens (tertiary/aromatic N) is 2. The van der Waals surface area contributed by atoms with E-state index in [0.717, 1.165) is 48.5 Å². The number of rotatable bonds is 8. The van der Waals surface area contributed by atoms with Gasteiger partial charge >= 0.3 is 0 Å². The predicted octanol–water partition coefficient (Wildman–Crippen LogP) is 3.89. The smallest absolute Gasteiger partial charge is 0.258 e. The summed E-state index contributed by atoms with van der Waals surface area (Å²) >= 11 is 0. The normalized spacial score (nSPS) is 21.2. The van der Waals surface area contributed by atoms with Gasteiger partial charge in [0.25, 0.3) is 5.91 Å². The summed E-state index contributed by atoms with van der Waals surface area (Å²) < 4.78 is 47.6. The molecule has 2 aliphatic rings. The molecule has 0 unspecified atom stereocenters. The topological polar surface area (TPSA) is 116 Å². The SMILES string of the molecule is C[C@H]1CN([C@@H](C)CO)C(=O)c2cccc(NC(=O)C3CCCCC3)c2O[C@@H]1CN(C)S(=O)(=O)c1ccc(F)cc1. The minimum Gasteiger partial charge on any atom is -0.486 e. The molecule has 0 saturated heterocycles. The van der Waals surface area contributed by atoms with Gasteiger partial charge in [-0.1, -0.05) is 32.3 Å². The van der Waals surface area contributed by atoms with Crippen molar-refractivity contribution in [3.63, 3.8) is 0 Å². The van der Waals surface area contributed by atoms with Gasteiger partial charge in [-0.05, 0) is 56.2 Å². The van der Waals surface area contributed by atoms with Gasteiger partial charge < -0.3 is 20.1 Å². The van der Waals surface area contributed by atoms with Crippen LogP contribution in [0.5, 0.6) is 5.75 Å². The van der Waals surface area contributed by atoms with Crippen LogP contribution in [0, 0.1) is 17.7 Å². The van der Waals surface area contributed by atoms with Crippen molar-refractivity contribution in [2.45, 2.75) is 63.0 Å². The standard InChI is InChI=1S/C29H38FN3O6S/c1-19-16-33(20(2)18-34)29(36)24-10-7-11-25(31-28(35)21-8-5-4-6-9-21)27(24)39-26(19)17-32(3)40(37,38)23-14-12-22(30)13-15-23/h7,10-15,19-21,26,34H,4-6,8-9,16-18H2,1-3H3,(H,31,35)/t19-,20-,26+/m0/s1. The summed E-state index contributed by atoms with van der Waals surface area (Å²) in [5.41, 5.74) is 0.573. The highest BCUT2D eigenvalue weighted by Crippen LogP contribution is 2.36. The number of amides is 2. The van der Waals surface area contributed by atoms with E-state index in [9.17, 15) is 27.5 Å². The molecule has 218 valence electrons. The lowest BCUT2D eigenvalue weighted by molar-refractivity contribution is -0.120. The third-order valence-electron chi connectivity index (χ3n) is 7.88. The molecule has 0 aromatic heterocycles. The van der Waals surface area contributed by atoms with Crippen molar-refractivity contribution in [2.75, 3.05) is 32.1 Å². The first-order chi connectivity index (χ1) is 19.0. The van der Waals surface area contributed by atoms with Crippen molar-refractivity contribution in [1.82, 2.24) is 9.21 Å². The summed E-state index contributed by atoms with van der Waals surface area (Å²) in [4.78, 5) is 28.3. The Hall–Kier alpha value is -3.02. The first-order valence-corrected chi connectivity index (χ1v) is 15.2. The van der Waals surface area contributed by atoms with Gasteiger partial charge in [0.15, 0.2) is 5.75 Å². The van der Waals surface area contributed by atoms with E-state index in [1.165, 1.54) is 19.2 Å². The highest BCUT2D eigenvalue weighted by Gasteiger charge is 2.36. The van der Waals surface area contributed by atoms with Crippen LogP contribution in [0.3, 0.4) is 0 Å². The largest absolute Gasteiger partial charge is 0.486 e. The molecule has 0 radical (unpaired) electrons. The number of para-hydroxylation sites is 1. The lowest BCUT2D eigenvalue weighted by Gasteiger charge is -2.38. The number of halogens is 1. The zero-order valence-corrected chi connectivity index (χ0v) is 24.0. The van der Waals surface area contributed by atoms with E-state index >= 15 is 0 Å². The number of ether oxygens (including phenoxy) is 1. The Morgan fingerprint density at radius 3 is 2.50 bits per heavy atom. The molecule has 2 aromatic carbocycles. The molecule has 0 spiro atoms. The Labute approximate surface area is 235 Å². The molecule has 1 saturated carbocycles. The number of nitrogens with one attached hydrogen (secondary N) is 1. The molecule has 0 bridgehead atoms. The number of likely N-dealkylation sites (N-methyl/N-ethyl adjacent to an activating group) is 1. The van der Waals surface area contributed by atoms with Gasteiger partial charge in [-0.3, -0.25) is 9.59 Å². The molecule has 1 heterocycles. The summed E-state index contributed by atoms with van der Waals surface area (Å²) in [5.74, 6) is -1.31. The molecular weight excluding hydrogens is 537 g/mol. The summed E-state index contributed by atoms with van der Waals surface area (Å²) in [7, 11) is -2.55. The lowest BCUT2D eigenvalue weighted by atomic mass is 9.88. The van der Waals surface area contributed by atoms with Crippen LogP contribution in [-0.4, -0.2) is 73.4 Å². The zero-order chi connectivity index (χ0) is 29.0. The fraction of sp³-hybridized carbons (Fsp3) is 0.517. The van der Waals surface area contributed by atoms with E-state index in [1.54, 1.807) is 30.0 Å². The molecule has 2 N–H and O–H groups in total. The van der Waals surface area contributed by atoms with Crippen molar-refractivity contribution in [3.05, 3.63) is 53.8 Å². The van der Waals surface area contributed by atoms with E-state index in [1.807, 2.05) is 6.92 Å². The Kier molecular flexibility index (Phi) is 9.48. The number of fused-ring (bicyclic) bond motifs is 1. The average molecular weight is 576 g/mol. The van der Waals surface area contributed by atoms with Crippen molar-refractivity contribution in [1.29, 1.82) is 0 Å². The minimum absolute atomic E-state index is 0.0542. The molecule has 11 heteroatoms. The summed E-state index contributed by atoms with van der Waals surface area (Å²) in [6.45, 7) is 3.48. The molecule has 9 nitrogen and oxygen atoms in total. The van der Waals surface area contributed by atoms with E-state index in [-0.39, 0.29) is 59.6 Å². The number of aliphatic hydroxyl groups is 1. The first kappa shape index (κ1) is 30.0. The fourth-order valence-corrected chi connectivity index (χ4v) is 6.48. The third kappa shape index (κ3) is 6.47. The summed E-state index contributed by atoms with van der Waals surface area (Å²) in [5, 5.41) is 12.9. The van der Waals surface area contributed by atoms with Crippen LogP contribution < -0.4 is 10.1 Å². The Bertz CT molecular complexity index is 1310. The van der Waals surface area contributed by atoms with Gasteiger partial charge in [0.1, 0.15) is 11.9 Å². The van der Waals surface area contributed by atoms with Gasteiger partial charge in [0, 0.05) is 25.4 Å². The first-order valence-electron chi connectivity index (χ1n) is 13.8. The summed E-state index contributed by atoms with van der Waals surface area (Å²) in [6.07, 6.45) is 3.97. The molecule has 1 fully saturated rings. The quantitative estimate of drug-likeness (QED) is 0.494. The van der Waals surface area contributed by atoms with Gasteiger partial charge in [0.2, 0.25) is 15.9 Å². The molecule has 1 aliphatic heterocycles. The fourth-order valence-electron chi connectivity index (χ4n) is 5.30. The number of sulfonamides is 1. The van der Waals surface area contributed by atoms with Crippen molar-refractivity contribution < 1.29 is 32.2 Å². The number of hydrogen-bond acceptors (Lipinski definition) is 6. The van der Waals surface area contributed by atoms with Crippen LogP contribution in [-0.2, 0) is 14.8 Å². The Morgan fingerprint density at radius 2 is 1.85 bits per heavy atom. The number of carbonyl (C=O) groups excluding carboxylic acids is 2. The van der Waals surface area contributed by atoms with Crippen LogP contribution in [0.2, 0.25) is 0 Å². The maximum absolute atomic E-state index is 13.7. The average Bonchev–Trinajstić information content (AvgIpc) is 2.95. The second-order valence-electron chi connectivity index (χ2n) is 10.9. The number of anilines is 1. The minimum atomic E-state index is -3.97. The van der Waals surface area contributed by atoms with Gasteiger partial charge in [-0.2, -0.15) is 4.31 Å². The highest BCUT2D eigenvalue weighted by molar-refractivity contribution is 7.89. The lowest BCUT2D eigenvalue weighted by Crippen LogP contribution is -2.50. The highest BCUT2D eigenvalue weighted by atomic mass is 32.2. The molecule has 1 aliphatic carbocycles. The van der Waals surface area contributed by atoms with E-state index < -0.39 is 28.0 Å². The molecule has 2 aromatic rings. The molecule has 2 amide bonds. The maximum Gasteiger partial charge on any atom is 0.258 e. The van der Waals surface area contributed by atoms with Gasteiger partial charge in [0.05, 0.1) is 35.3 Å². The second kappa shape index (κ2) is 12.7. The second-order valence-corrected chi connectivity index (χ2v) is 12.9. The van der Waals surface area contributed by atoms with E-state index in [2.05, 4.69) is 5.32 Å². The molecule has 3 atom stereocenters.